The monoisotopic (exact) mass is 970 g/mol. The first-order valence-corrected chi connectivity index (χ1v) is 26.9. The van der Waals surface area contributed by atoms with Crippen LogP contribution in [0.5, 0.6) is 0 Å². The Balaban J connectivity index is 0.919. The van der Waals surface area contributed by atoms with Crippen molar-refractivity contribution in [1.82, 2.24) is 0 Å². The number of rotatable bonds is 7. The van der Waals surface area contributed by atoms with Gasteiger partial charge in [0, 0.05) is 73.9 Å². The molecule has 2 nitrogen and oxygen atoms in total. The van der Waals surface area contributed by atoms with Gasteiger partial charge in [0.2, 0.25) is 0 Å². The largest absolute Gasteiger partial charge is 0.310 e. The fourth-order valence-electron chi connectivity index (χ4n) is 11.8. The van der Waals surface area contributed by atoms with Crippen molar-refractivity contribution in [3.8, 4) is 22.3 Å². The molecule has 1 aliphatic carbocycles. The predicted octanol–water partition coefficient (Wildman–Crippen LogP) is 19.9. The Labute approximate surface area is 430 Å². The number of benzene rings is 11. The number of fused-ring (bicyclic) bond motifs is 15. The second-order valence-corrected chi connectivity index (χ2v) is 22.0. The molecule has 0 unspecified atom stereocenters. The molecule has 0 atom stereocenters. The Kier molecular flexibility index (Phi) is 9.49. The van der Waals surface area contributed by atoms with E-state index in [9.17, 15) is 0 Å². The third-order valence-electron chi connectivity index (χ3n) is 14.9. The van der Waals surface area contributed by atoms with Crippen LogP contribution in [0.2, 0.25) is 0 Å². The molecule has 13 aromatic rings. The van der Waals surface area contributed by atoms with Crippen LogP contribution in [0.4, 0.5) is 34.1 Å². The SMILES string of the molecule is c1ccc(-c2ccc(N(c3ccccc3)c3ccc4c(c3)sc3cc5c(cc34)Sc3cc(N(c4ccccc4)c4cccc6c4sc4ccccc46)ccc3C53c4ccccc4-c4ccccc43)cc2)cc1. The lowest BCUT2D eigenvalue weighted by Crippen LogP contribution is -2.32. The fraction of sp³-hybridized carbons (Fsp3) is 0.0149. The molecule has 1 aliphatic heterocycles. The maximum absolute atomic E-state index is 2.55. The minimum absolute atomic E-state index is 0.518. The van der Waals surface area contributed by atoms with Crippen LogP contribution in [0.1, 0.15) is 22.3 Å². The van der Waals surface area contributed by atoms with Gasteiger partial charge in [0.05, 0.1) is 15.8 Å². The van der Waals surface area contributed by atoms with Gasteiger partial charge in [-0.15, -0.1) is 22.7 Å². The van der Waals surface area contributed by atoms with Gasteiger partial charge in [0.15, 0.2) is 0 Å². The predicted molar refractivity (Wildman–Crippen MR) is 308 cm³/mol. The highest BCUT2D eigenvalue weighted by Gasteiger charge is 2.50. The van der Waals surface area contributed by atoms with Crippen molar-refractivity contribution < 1.29 is 0 Å². The molecule has 2 aliphatic rings. The van der Waals surface area contributed by atoms with Crippen molar-refractivity contribution in [2.45, 2.75) is 15.2 Å². The number of nitrogens with zero attached hydrogens (tertiary/aromatic N) is 2. The van der Waals surface area contributed by atoms with Crippen LogP contribution in [0, 0.1) is 0 Å². The van der Waals surface area contributed by atoms with E-state index in [1.807, 2.05) is 34.4 Å². The van der Waals surface area contributed by atoms with Crippen LogP contribution in [0.25, 0.3) is 62.6 Å². The molecule has 15 rings (SSSR count). The second-order valence-electron chi connectivity index (χ2n) is 18.8. The lowest BCUT2D eigenvalue weighted by Gasteiger charge is -2.40. The van der Waals surface area contributed by atoms with Crippen LogP contribution in [0.3, 0.4) is 0 Å². The number of thiophene rings is 2. The summed E-state index contributed by atoms with van der Waals surface area (Å²) in [7, 11) is 0. The van der Waals surface area contributed by atoms with Crippen molar-refractivity contribution >= 4 is 109 Å². The summed E-state index contributed by atoms with van der Waals surface area (Å²) in [6.45, 7) is 0. The van der Waals surface area contributed by atoms with E-state index in [4.69, 9.17) is 0 Å². The Hall–Kier alpha value is -8.19. The summed E-state index contributed by atoms with van der Waals surface area (Å²) in [6, 6.07) is 94.6. The Morgan fingerprint density at radius 3 is 1.58 bits per heavy atom. The zero-order valence-corrected chi connectivity index (χ0v) is 41.3. The summed E-state index contributed by atoms with van der Waals surface area (Å²) < 4.78 is 5.16. The first kappa shape index (κ1) is 41.6. The minimum atomic E-state index is -0.518. The van der Waals surface area contributed by atoms with Gasteiger partial charge < -0.3 is 9.80 Å². The fourth-order valence-corrected chi connectivity index (χ4v) is 15.4. The molecule has 3 heterocycles. The average Bonchev–Trinajstić information content (AvgIpc) is 4.10. The van der Waals surface area contributed by atoms with Gasteiger partial charge in [-0.25, -0.2) is 0 Å². The van der Waals surface area contributed by atoms with E-state index >= 15 is 0 Å². The second kappa shape index (κ2) is 16.4. The van der Waals surface area contributed by atoms with Gasteiger partial charge in [0.1, 0.15) is 0 Å². The van der Waals surface area contributed by atoms with Gasteiger partial charge in [-0.3, -0.25) is 0 Å². The minimum Gasteiger partial charge on any atom is -0.310 e. The number of hydrogen-bond donors (Lipinski definition) is 0. The molecular formula is C67H42N2S3. The van der Waals surface area contributed by atoms with Crippen molar-refractivity contribution in [2.75, 3.05) is 9.80 Å². The number of anilines is 6. The summed E-state index contributed by atoms with van der Waals surface area (Å²) in [5.41, 5.74) is 16.7. The summed E-state index contributed by atoms with van der Waals surface area (Å²) in [5.74, 6) is 0. The first-order valence-electron chi connectivity index (χ1n) is 24.5. The topological polar surface area (TPSA) is 6.48 Å². The highest BCUT2D eigenvalue weighted by Crippen LogP contribution is 2.64. The molecular weight excluding hydrogens is 929 g/mol. The van der Waals surface area contributed by atoms with E-state index in [-0.39, 0.29) is 0 Å². The molecule has 0 bridgehead atoms. The summed E-state index contributed by atoms with van der Waals surface area (Å²) in [6.07, 6.45) is 0. The van der Waals surface area contributed by atoms with Crippen molar-refractivity contribution in [3.05, 3.63) is 277 Å². The zero-order valence-electron chi connectivity index (χ0n) is 38.9. The molecule has 0 saturated heterocycles. The molecule has 0 saturated carbocycles. The maximum atomic E-state index is 2.55. The van der Waals surface area contributed by atoms with Crippen molar-refractivity contribution in [3.63, 3.8) is 0 Å². The molecule has 72 heavy (non-hydrogen) atoms. The average molecular weight is 971 g/mol. The highest BCUT2D eigenvalue weighted by molar-refractivity contribution is 7.99. The molecule has 2 aromatic heterocycles. The number of hydrogen-bond acceptors (Lipinski definition) is 5. The van der Waals surface area contributed by atoms with Gasteiger partial charge >= 0.3 is 0 Å². The van der Waals surface area contributed by atoms with E-state index in [1.54, 1.807) is 0 Å². The van der Waals surface area contributed by atoms with Crippen molar-refractivity contribution in [1.29, 1.82) is 0 Å². The van der Waals surface area contributed by atoms with Crippen LogP contribution in [0.15, 0.2) is 265 Å². The highest BCUT2D eigenvalue weighted by atomic mass is 32.2. The summed E-state index contributed by atoms with van der Waals surface area (Å²) >= 11 is 5.71. The third kappa shape index (κ3) is 6.28. The third-order valence-corrected chi connectivity index (χ3v) is 18.3. The zero-order chi connectivity index (χ0) is 47.3. The van der Waals surface area contributed by atoms with Crippen LogP contribution < -0.4 is 9.80 Å². The van der Waals surface area contributed by atoms with E-state index in [0.29, 0.717) is 0 Å². The molecule has 338 valence electrons. The van der Waals surface area contributed by atoms with E-state index < -0.39 is 5.41 Å². The van der Waals surface area contributed by atoms with Crippen molar-refractivity contribution in [2.24, 2.45) is 0 Å². The molecule has 5 heteroatoms. The molecule has 0 amide bonds. The van der Waals surface area contributed by atoms with Crippen LogP contribution in [-0.2, 0) is 5.41 Å². The lowest BCUT2D eigenvalue weighted by atomic mass is 9.67. The smallest absolute Gasteiger partial charge is 0.0735 e. The summed E-state index contributed by atoms with van der Waals surface area (Å²) in [5, 5.41) is 5.17. The Bertz CT molecular complexity index is 4210. The first-order chi connectivity index (χ1) is 35.7. The van der Waals surface area contributed by atoms with E-state index in [2.05, 4.69) is 265 Å². The van der Waals surface area contributed by atoms with E-state index in [1.165, 1.54) is 100 Å². The molecule has 1 spiro atoms. The van der Waals surface area contributed by atoms with Gasteiger partial charge in [-0.1, -0.05) is 182 Å². The maximum Gasteiger partial charge on any atom is 0.0735 e. The lowest BCUT2D eigenvalue weighted by molar-refractivity contribution is 0.724. The van der Waals surface area contributed by atoms with Gasteiger partial charge in [-0.2, -0.15) is 0 Å². The Morgan fingerprint density at radius 2 is 0.833 bits per heavy atom. The number of para-hydroxylation sites is 2. The molecule has 0 N–H and O–H groups in total. The van der Waals surface area contributed by atoms with Gasteiger partial charge in [-0.05, 0) is 129 Å². The normalized spacial score (nSPS) is 13.1. The molecule has 11 aromatic carbocycles. The summed E-state index contributed by atoms with van der Waals surface area (Å²) in [4.78, 5) is 7.43. The van der Waals surface area contributed by atoms with Crippen LogP contribution in [-0.4, -0.2) is 0 Å². The van der Waals surface area contributed by atoms with Crippen LogP contribution >= 0.6 is 34.4 Å². The van der Waals surface area contributed by atoms with Gasteiger partial charge in [0.25, 0.3) is 0 Å². The quantitative estimate of drug-likeness (QED) is 0.157. The van der Waals surface area contributed by atoms with E-state index in [0.717, 1.165) is 28.4 Å². The molecule has 0 fully saturated rings. The Morgan fingerprint density at radius 1 is 0.292 bits per heavy atom. The molecule has 0 radical (unpaired) electrons. The standard InChI is InChI=1S/C67H42N2S3/c1-4-17-43(18-5-1)44-31-33-47(34-32-44)68(45-19-6-2-7-20-45)48-35-37-53-55-41-65-59(42-63(55)70-62(53)39-48)67(56-27-13-10-23-50(56)51-24-11-14-28-57(51)67)58-38-36-49(40-64(58)71-65)69(46-21-8-3-9-22-46)60-29-16-26-54-52-25-12-15-30-61(52)72-66(54)60/h1-42H.